The summed E-state index contributed by atoms with van der Waals surface area (Å²) < 4.78 is 0. The summed E-state index contributed by atoms with van der Waals surface area (Å²) in [5.74, 6) is -4.64. The summed E-state index contributed by atoms with van der Waals surface area (Å²) in [5, 5.41) is 36.4. The number of nitrogens with two attached hydrogens (primary N) is 4. The van der Waals surface area contributed by atoms with E-state index in [2.05, 4.69) is 20.9 Å². The third-order valence-electron chi connectivity index (χ3n) is 6.62. The highest BCUT2D eigenvalue weighted by atomic mass is 16.4. The van der Waals surface area contributed by atoms with E-state index in [4.69, 9.17) is 22.9 Å². The Balaban J connectivity index is 2.30. The zero-order valence-electron chi connectivity index (χ0n) is 24.5. The van der Waals surface area contributed by atoms with Crippen molar-refractivity contribution in [1.29, 1.82) is 0 Å². The highest BCUT2D eigenvalue weighted by Gasteiger charge is 2.31. The van der Waals surface area contributed by atoms with Crippen LogP contribution in [0.25, 0.3) is 0 Å². The van der Waals surface area contributed by atoms with Crippen molar-refractivity contribution in [2.24, 2.45) is 27.9 Å². The van der Waals surface area contributed by atoms with Gasteiger partial charge in [-0.2, -0.15) is 0 Å². The van der Waals surface area contributed by atoms with E-state index in [0.29, 0.717) is 17.5 Å². The Morgan fingerprint density at radius 2 is 1.13 bits per heavy atom. The lowest BCUT2D eigenvalue weighted by Gasteiger charge is -2.25. The summed E-state index contributed by atoms with van der Waals surface area (Å²) >= 11 is 0. The van der Waals surface area contributed by atoms with Gasteiger partial charge in [0.15, 0.2) is 5.96 Å². The van der Waals surface area contributed by atoms with Gasteiger partial charge in [0.2, 0.25) is 23.6 Å². The maximum atomic E-state index is 13.6. The van der Waals surface area contributed by atoms with Gasteiger partial charge in [-0.1, -0.05) is 24.3 Å². The minimum atomic E-state index is -1.48. The molecule has 244 valence electrons. The SMILES string of the molecule is NC(=O)CCC(NC(=O)C(Cc1ccc(O)cc1)NC(=O)C(Cc1ccc(O)cc1)NC(=O)C(N)CCCN=C(N)N)C(=O)O. The van der Waals surface area contributed by atoms with Crippen LogP contribution in [0.1, 0.15) is 36.8 Å². The van der Waals surface area contributed by atoms with Crippen LogP contribution < -0.4 is 38.9 Å². The number of aromatic hydroxyl groups is 2. The van der Waals surface area contributed by atoms with Gasteiger partial charge >= 0.3 is 5.97 Å². The number of aliphatic carboxylic acids is 1. The number of amides is 4. The standard InChI is InChI=1S/C29H40N8O8/c30-20(2-1-13-34-29(32)33)25(41)36-22(14-16-3-7-18(38)8-4-16)27(43)37-23(15-17-5-9-19(39)10-6-17)26(42)35-21(28(44)45)11-12-24(31)40/h3-10,20-23,38-39H,1-2,11-15,30H2,(H2,31,40)(H,35,42)(H,36,41)(H,37,43)(H,44,45)(H4,32,33,34). The smallest absolute Gasteiger partial charge is 0.326 e. The molecule has 0 aliphatic rings. The van der Waals surface area contributed by atoms with Gasteiger partial charge in [0.25, 0.3) is 0 Å². The van der Waals surface area contributed by atoms with Crippen LogP contribution in [0.3, 0.4) is 0 Å². The van der Waals surface area contributed by atoms with Crippen LogP contribution in [0.5, 0.6) is 11.5 Å². The maximum absolute atomic E-state index is 13.6. The highest BCUT2D eigenvalue weighted by Crippen LogP contribution is 2.14. The van der Waals surface area contributed by atoms with Crippen LogP contribution in [0.4, 0.5) is 0 Å². The van der Waals surface area contributed by atoms with E-state index in [9.17, 15) is 39.3 Å². The minimum Gasteiger partial charge on any atom is -0.508 e. The Morgan fingerprint density at radius 1 is 0.689 bits per heavy atom. The number of phenols is 2. The summed E-state index contributed by atoms with van der Waals surface area (Å²) in [6.45, 7) is 0.242. The molecule has 2 aromatic rings. The van der Waals surface area contributed by atoms with E-state index in [0.717, 1.165) is 0 Å². The van der Waals surface area contributed by atoms with Gasteiger partial charge in [-0.15, -0.1) is 0 Å². The van der Waals surface area contributed by atoms with E-state index in [-0.39, 0.29) is 56.1 Å². The van der Waals surface area contributed by atoms with Gasteiger partial charge in [0.05, 0.1) is 6.04 Å². The van der Waals surface area contributed by atoms with E-state index < -0.39 is 53.8 Å². The summed E-state index contributed by atoms with van der Waals surface area (Å²) in [7, 11) is 0. The number of primary amides is 1. The Hall–Kier alpha value is -5.38. The number of carbonyl (C=O) groups is 5. The average Bonchev–Trinajstić information content (AvgIpc) is 2.98. The maximum Gasteiger partial charge on any atom is 0.326 e. The van der Waals surface area contributed by atoms with Crippen LogP contribution in [0.15, 0.2) is 53.5 Å². The van der Waals surface area contributed by atoms with Crippen molar-refractivity contribution in [2.75, 3.05) is 6.54 Å². The molecule has 16 nitrogen and oxygen atoms in total. The third kappa shape index (κ3) is 13.2. The highest BCUT2D eigenvalue weighted by molar-refractivity contribution is 5.94. The van der Waals surface area contributed by atoms with Crippen LogP contribution in [0, 0.1) is 0 Å². The molecular formula is C29H40N8O8. The Morgan fingerprint density at radius 3 is 1.56 bits per heavy atom. The molecule has 2 rings (SSSR count). The molecule has 0 fully saturated rings. The van der Waals surface area contributed by atoms with E-state index in [1.54, 1.807) is 12.1 Å². The lowest BCUT2D eigenvalue weighted by Crippen LogP contribution is -2.58. The molecule has 2 aromatic carbocycles. The predicted molar refractivity (Wildman–Crippen MR) is 163 cm³/mol. The number of phenolic OH excluding ortho intramolecular Hbond substituents is 2. The fourth-order valence-corrected chi connectivity index (χ4v) is 4.17. The number of carbonyl (C=O) groups excluding carboxylic acids is 4. The molecule has 0 saturated heterocycles. The normalized spacial score (nSPS) is 13.4. The monoisotopic (exact) mass is 628 g/mol. The summed E-state index contributed by atoms with van der Waals surface area (Å²) in [6, 6.07) is 6.60. The Kier molecular flexibility index (Phi) is 14.1. The molecule has 4 atom stereocenters. The zero-order valence-corrected chi connectivity index (χ0v) is 24.5. The fraction of sp³-hybridized carbons (Fsp3) is 0.379. The molecule has 0 aromatic heterocycles. The van der Waals surface area contributed by atoms with Gasteiger partial charge in [0.1, 0.15) is 29.6 Å². The topological polar surface area (TPSA) is 299 Å². The molecule has 0 bridgehead atoms. The fourth-order valence-electron chi connectivity index (χ4n) is 4.17. The van der Waals surface area contributed by atoms with Gasteiger partial charge in [-0.25, -0.2) is 4.79 Å². The number of rotatable bonds is 18. The molecule has 0 radical (unpaired) electrons. The first-order valence-electron chi connectivity index (χ1n) is 14.0. The van der Waals surface area contributed by atoms with Crippen LogP contribution >= 0.6 is 0 Å². The van der Waals surface area contributed by atoms with Crippen molar-refractivity contribution in [3.05, 3.63) is 59.7 Å². The zero-order chi connectivity index (χ0) is 33.5. The number of hydrogen-bond acceptors (Lipinski definition) is 9. The molecule has 14 N–H and O–H groups in total. The first kappa shape index (κ1) is 35.8. The molecule has 4 amide bonds. The number of carboxylic acid groups (broad SMARTS) is 1. The number of nitrogens with zero attached hydrogens (tertiary/aromatic N) is 1. The second-order valence-corrected chi connectivity index (χ2v) is 10.3. The van der Waals surface area contributed by atoms with Crippen molar-refractivity contribution < 1.29 is 39.3 Å². The first-order chi connectivity index (χ1) is 21.2. The number of benzene rings is 2. The second kappa shape index (κ2) is 17.7. The summed E-state index contributed by atoms with van der Waals surface area (Å²) in [6.07, 6.45) is -0.177. The van der Waals surface area contributed by atoms with Crippen molar-refractivity contribution in [1.82, 2.24) is 16.0 Å². The summed E-state index contributed by atoms with van der Waals surface area (Å²) in [4.78, 5) is 66.8. The number of carboxylic acids is 1. The van der Waals surface area contributed by atoms with Crippen LogP contribution in [-0.2, 0) is 36.8 Å². The molecular weight excluding hydrogens is 588 g/mol. The van der Waals surface area contributed by atoms with Crippen molar-refractivity contribution in [2.45, 2.75) is 62.7 Å². The lowest BCUT2D eigenvalue weighted by molar-refractivity contribution is -0.142. The third-order valence-corrected chi connectivity index (χ3v) is 6.62. The van der Waals surface area contributed by atoms with Gasteiger partial charge in [-0.05, 0) is 54.7 Å². The predicted octanol–water partition coefficient (Wildman–Crippen LogP) is -1.93. The lowest BCUT2D eigenvalue weighted by atomic mass is 10.0. The van der Waals surface area contributed by atoms with E-state index in [1.807, 2.05) is 0 Å². The average molecular weight is 629 g/mol. The van der Waals surface area contributed by atoms with Crippen LogP contribution in [0.2, 0.25) is 0 Å². The number of hydrogen-bond donors (Lipinski definition) is 10. The van der Waals surface area contributed by atoms with Gasteiger partial charge in [0, 0.05) is 25.8 Å². The molecule has 0 heterocycles. The largest absolute Gasteiger partial charge is 0.508 e. The summed E-state index contributed by atoms with van der Waals surface area (Å²) in [5.41, 5.74) is 22.8. The molecule has 0 spiro atoms. The van der Waals surface area contributed by atoms with Crippen molar-refractivity contribution in [3.8, 4) is 11.5 Å². The Labute approximate surface area is 259 Å². The molecule has 0 aliphatic carbocycles. The van der Waals surface area contributed by atoms with E-state index >= 15 is 0 Å². The van der Waals surface area contributed by atoms with Crippen molar-refractivity contribution in [3.63, 3.8) is 0 Å². The first-order valence-corrected chi connectivity index (χ1v) is 14.0. The molecule has 0 aliphatic heterocycles. The number of nitrogens with one attached hydrogen (secondary N) is 3. The minimum absolute atomic E-state index is 0.0125. The second-order valence-electron chi connectivity index (χ2n) is 10.3. The van der Waals surface area contributed by atoms with Gasteiger partial charge < -0.3 is 54.2 Å². The molecule has 0 saturated carbocycles. The number of guanidine groups is 1. The molecule has 4 unspecified atom stereocenters. The number of aliphatic imine (C=N–C) groups is 1. The van der Waals surface area contributed by atoms with Crippen LogP contribution in [-0.4, -0.2) is 81.6 Å². The molecule has 16 heteroatoms. The van der Waals surface area contributed by atoms with E-state index in [1.165, 1.54) is 36.4 Å². The Bertz CT molecular complexity index is 1350. The quantitative estimate of drug-likeness (QED) is 0.0492. The van der Waals surface area contributed by atoms with Gasteiger partial charge in [-0.3, -0.25) is 24.2 Å². The molecule has 45 heavy (non-hydrogen) atoms. The van der Waals surface area contributed by atoms with Crippen molar-refractivity contribution >= 4 is 35.6 Å².